The molecule has 0 spiro atoms. The molecule has 1 unspecified atom stereocenters. The molecule has 120 valence electrons. The lowest BCUT2D eigenvalue weighted by molar-refractivity contribution is -0.0514. The van der Waals surface area contributed by atoms with Crippen LogP contribution in [0.2, 0.25) is 0 Å². The molecule has 1 atom stereocenters. The molecule has 1 rings (SSSR count). The molecule has 1 aromatic rings. The van der Waals surface area contributed by atoms with Gasteiger partial charge < -0.3 is 14.8 Å². The first kappa shape index (κ1) is 17.7. The predicted molar refractivity (Wildman–Crippen MR) is 80.0 cm³/mol. The van der Waals surface area contributed by atoms with E-state index in [2.05, 4.69) is 30.8 Å². The van der Waals surface area contributed by atoms with Crippen LogP contribution in [0.3, 0.4) is 0 Å². The Morgan fingerprint density at radius 3 is 2.43 bits per heavy atom. The molecule has 0 aliphatic carbocycles. The fourth-order valence-electron chi connectivity index (χ4n) is 2.21. The highest BCUT2D eigenvalue weighted by atomic mass is 19.3. The Morgan fingerprint density at radius 1 is 1.14 bits per heavy atom. The van der Waals surface area contributed by atoms with Gasteiger partial charge in [0.1, 0.15) is 0 Å². The third-order valence-corrected chi connectivity index (χ3v) is 3.00. The minimum absolute atomic E-state index is 0.0748. The molecule has 0 bridgehead atoms. The van der Waals surface area contributed by atoms with E-state index >= 15 is 0 Å². The molecule has 0 radical (unpaired) electrons. The van der Waals surface area contributed by atoms with Crippen molar-refractivity contribution in [3.8, 4) is 11.5 Å². The molecule has 0 heterocycles. The van der Waals surface area contributed by atoms with Crippen molar-refractivity contribution in [2.24, 2.45) is 5.92 Å². The molecule has 0 aromatic heterocycles. The lowest BCUT2D eigenvalue weighted by atomic mass is 10.0. The Morgan fingerprint density at radius 2 is 1.86 bits per heavy atom. The average molecular weight is 301 g/mol. The van der Waals surface area contributed by atoms with Gasteiger partial charge in [-0.25, -0.2) is 0 Å². The zero-order valence-corrected chi connectivity index (χ0v) is 13.2. The zero-order valence-electron chi connectivity index (χ0n) is 13.2. The van der Waals surface area contributed by atoms with Gasteiger partial charge in [0.15, 0.2) is 11.5 Å². The van der Waals surface area contributed by atoms with Crippen molar-refractivity contribution in [1.29, 1.82) is 0 Å². The van der Waals surface area contributed by atoms with Crippen molar-refractivity contribution < 1.29 is 18.3 Å². The highest BCUT2D eigenvalue weighted by Crippen LogP contribution is 2.29. The maximum absolute atomic E-state index is 12.3. The quantitative estimate of drug-likeness (QED) is 0.741. The summed E-state index contributed by atoms with van der Waals surface area (Å²) < 4.78 is 34.5. The van der Waals surface area contributed by atoms with E-state index in [1.807, 2.05) is 6.92 Å². The number of hydrogen-bond donors (Lipinski definition) is 1. The third-order valence-electron chi connectivity index (χ3n) is 3.00. The summed E-state index contributed by atoms with van der Waals surface area (Å²) in [6.07, 6.45) is 1.09. The molecule has 0 fully saturated rings. The van der Waals surface area contributed by atoms with Gasteiger partial charge in [-0.15, -0.1) is 0 Å². The van der Waals surface area contributed by atoms with Crippen LogP contribution in [-0.4, -0.2) is 19.3 Å². The van der Waals surface area contributed by atoms with E-state index in [4.69, 9.17) is 4.74 Å². The number of hydrogen-bond acceptors (Lipinski definition) is 3. The van der Waals surface area contributed by atoms with E-state index in [1.54, 1.807) is 12.1 Å². The van der Waals surface area contributed by atoms with Gasteiger partial charge >= 0.3 is 6.61 Å². The summed E-state index contributed by atoms with van der Waals surface area (Å²) in [6.45, 7) is 6.53. The van der Waals surface area contributed by atoms with Crippen molar-refractivity contribution in [1.82, 2.24) is 5.32 Å². The van der Waals surface area contributed by atoms with Crippen LogP contribution in [0.25, 0.3) is 0 Å². The van der Waals surface area contributed by atoms with E-state index in [0.717, 1.165) is 12.0 Å². The Kier molecular flexibility index (Phi) is 7.43. The Hall–Kier alpha value is -1.36. The standard InChI is InChI=1S/C16H25F2NO2/c1-5-20-15-9-13(6-7-14(15)21-16(17)18)10-19-12(4)8-11(2)3/h6-7,9,11-12,16,19H,5,8,10H2,1-4H3. The molecule has 21 heavy (non-hydrogen) atoms. The van der Waals surface area contributed by atoms with E-state index in [1.165, 1.54) is 6.07 Å². The Bertz CT molecular complexity index is 425. The first-order valence-electron chi connectivity index (χ1n) is 7.36. The second-order valence-electron chi connectivity index (χ2n) is 5.50. The van der Waals surface area contributed by atoms with E-state index in [9.17, 15) is 8.78 Å². The number of halogens is 2. The molecule has 0 saturated heterocycles. The lowest BCUT2D eigenvalue weighted by Gasteiger charge is -2.17. The van der Waals surface area contributed by atoms with Crippen LogP contribution in [0.15, 0.2) is 18.2 Å². The fourth-order valence-corrected chi connectivity index (χ4v) is 2.21. The van der Waals surface area contributed by atoms with Gasteiger partial charge in [-0.05, 0) is 43.9 Å². The van der Waals surface area contributed by atoms with Crippen molar-refractivity contribution in [2.45, 2.75) is 53.3 Å². The minimum atomic E-state index is -2.85. The third kappa shape index (κ3) is 6.76. The minimum Gasteiger partial charge on any atom is -0.490 e. The molecule has 0 aliphatic rings. The largest absolute Gasteiger partial charge is 0.490 e. The number of ether oxygens (including phenoxy) is 2. The molecule has 5 heteroatoms. The SMILES string of the molecule is CCOc1cc(CNC(C)CC(C)C)ccc1OC(F)F. The van der Waals surface area contributed by atoms with E-state index in [0.29, 0.717) is 30.9 Å². The van der Waals surface area contributed by atoms with Gasteiger partial charge in [-0.1, -0.05) is 19.9 Å². The molecule has 1 aromatic carbocycles. The van der Waals surface area contributed by atoms with Crippen molar-refractivity contribution >= 4 is 0 Å². The summed E-state index contributed by atoms with van der Waals surface area (Å²) in [5.74, 6) is 1.06. The molecule has 0 amide bonds. The van der Waals surface area contributed by atoms with Crippen LogP contribution < -0.4 is 14.8 Å². The maximum atomic E-state index is 12.3. The second-order valence-corrected chi connectivity index (χ2v) is 5.50. The topological polar surface area (TPSA) is 30.5 Å². The fraction of sp³-hybridized carbons (Fsp3) is 0.625. The first-order chi connectivity index (χ1) is 9.92. The van der Waals surface area contributed by atoms with Crippen LogP contribution in [0.1, 0.15) is 39.7 Å². The Labute approximate surface area is 125 Å². The summed E-state index contributed by atoms with van der Waals surface area (Å²) in [4.78, 5) is 0. The van der Waals surface area contributed by atoms with Crippen molar-refractivity contribution in [3.05, 3.63) is 23.8 Å². The Balaban J connectivity index is 2.69. The summed E-state index contributed by atoms with van der Waals surface area (Å²) in [5.41, 5.74) is 0.982. The molecular formula is C16H25F2NO2. The summed E-state index contributed by atoms with van der Waals surface area (Å²) in [5, 5.41) is 3.42. The summed E-state index contributed by atoms with van der Waals surface area (Å²) >= 11 is 0. The van der Waals surface area contributed by atoms with Gasteiger partial charge in [-0.3, -0.25) is 0 Å². The van der Waals surface area contributed by atoms with Crippen LogP contribution in [-0.2, 0) is 6.54 Å². The van der Waals surface area contributed by atoms with Gasteiger partial charge in [0.2, 0.25) is 0 Å². The highest BCUT2D eigenvalue weighted by molar-refractivity contribution is 5.43. The summed E-state index contributed by atoms with van der Waals surface area (Å²) in [7, 11) is 0. The van der Waals surface area contributed by atoms with E-state index in [-0.39, 0.29) is 5.75 Å². The van der Waals surface area contributed by atoms with E-state index < -0.39 is 6.61 Å². The molecule has 0 aliphatic heterocycles. The van der Waals surface area contributed by atoms with Crippen molar-refractivity contribution in [3.63, 3.8) is 0 Å². The van der Waals surface area contributed by atoms with Crippen LogP contribution in [0, 0.1) is 5.92 Å². The molecule has 3 nitrogen and oxygen atoms in total. The van der Waals surface area contributed by atoms with Crippen LogP contribution in [0.4, 0.5) is 8.78 Å². The summed E-state index contributed by atoms with van der Waals surface area (Å²) in [6, 6.07) is 5.45. The molecule has 0 saturated carbocycles. The number of rotatable bonds is 9. The number of alkyl halides is 2. The number of nitrogens with one attached hydrogen (secondary N) is 1. The zero-order chi connectivity index (χ0) is 15.8. The normalized spacial score (nSPS) is 12.8. The molecular weight excluding hydrogens is 276 g/mol. The van der Waals surface area contributed by atoms with Gasteiger partial charge in [-0.2, -0.15) is 8.78 Å². The monoisotopic (exact) mass is 301 g/mol. The first-order valence-corrected chi connectivity index (χ1v) is 7.36. The predicted octanol–water partition coefficient (Wildman–Crippen LogP) is 4.21. The maximum Gasteiger partial charge on any atom is 0.387 e. The smallest absolute Gasteiger partial charge is 0.387 e. The van der Waals surface area contributed by atoms with Crippen LogP contribution >= 0.6 is 0 Å². The molecule has 1 N–H and O–H groups in total. The average Bonchev–Trinajstić information content (AvgIpc) is 2.38. The van der Waals surface area contributed by atoms with Gasteiger partial charge in [0.05, 0.1) is 6.61 Å². The number of benzene rings is 1. The van der Waals surface area contributed by atoms with Gasteiger partial charge in [0.25, 0.3) is 0 Å². The van der Waals surface area contributed by atoms with Crippen molar-refractivity contribution in [2.75, 3.05) is 6.61 Å². The van der Waals surface area contributed by atoms with Crippen LogP contribution in [0.5, 0.6) is 11.5 Å². The second kappa shape index (κ2) is 8.82. The van der Waals surface area contributed by atoms with Gasteiger partial charge in [0, 0.05) is 12.6 Å². The highest BCUT2D eigenvalue weighted by Gasteiger charge is 2.12. The lowest BCUT2D eigenvalue weighted by Crippen LogP contribution is -2.26.